The van der Waals surface area contributed by atoms with Crippen LogP contribution in [-0.4, -0.2) is 12.3 Å². The highest BCUT2D eigenvalue weighted by Crippen LogP contribution is 2.42. The van der Waals surface area contributed by atoms with Crippen molar-refractivity contribution in [3.05, 3.63) is 54.8 Å². The molecule has 25 heavy (non-hydrogen) atoms. The van der Waals surface area contributed by atoms with Gasteiger partial charge in [0.25, 0.3) is 0 Å². The molecular formula is C21H28N2O2. The van der Waals surface area contributed by atoms with Gasteiger partial charge in [-0.15, -0.1) is 0 Å². The van der Waals surface area contributed by atoms with Gasteiger partial charge >= 0.3 is 0 Å². The van der Waals surface area contributed by atoms with Crippen LogP contribution < -0.4 is 10.6 Å². The Hall–Kier alpha value is -2.62. The van der Waals surface area contributed by atoms with Gasteiger partial charge in [0.15, 0.2) is 0 Å². The Labute approximate surface area is 150 Å². The van der Waals surface area contributed by atoms with Crippen LogP contribution in [-0.2, 0) is 9.59 Å². The first kappa shape index (κ1) is 20.4. The summed E-state index contributed by atoms with van der Waals surface area (Å²) in [5.74, 6) is 0.293. The van der Waals surface area contributed by atoms with Gasteiger partial charge in [-0.25, -0.2) is 0 Å². The van der Waals surface area contributed by atoms with E-state index < -0.39 is 0 Å². The van der Waals surface area contributed by atoms with Crippen molar-refractivity contribution in [1.82, 2.24) is 5.32 Å². The molecule has 0 bridgehead atoms. The number of carbonyl (C=O) groups is 2. The fourth-order valence-corrected chi connectivity index (χ4v) is 2.73. The van der Waals surface area contributed by atoms with Crippen molar-refractivity contribution in [2.24, 2.45) is 5.92 Å². The van der Waals surface area contributed by atoms with Crippen LogP contribution in [0.2, 0.25) is 0 Å². The van der Waals surface area contributed by atoms with Gasteiger partial charge < -0.3 is 10.6 Å². The maximum atomic E-state index is 10.8. The van der Waals surface area contributed by atoms with Gasteiger partial charge in [-0.2, -0.15) is 0 Å². The van der Waals surface area contributed by atoms with Crippen LogP contribution in [0.1, 0.15) is 51.2 Å². The first-order valence-electron chi connectivity index (χ1n) is 8.62. The molecule has 1 aromatic rings. The molecule has 134 valence electrons. The molecule has 3 rings (SSSR count). The zero-order valence-corrected chi connectivity index (χ0v) is 15.4. The quantitative estimate of drug-likeness (QED) is 0.763. The SMILES string of the molecule is C=C1CC(=C)c2c(NC=O)cccc21.C=C1CCC(C)C(=O)N1.CC. The molecule has 0 aromatic heterocycles. The molecule has 2 N–H and O–H groups in total. The Morgan fingerprint density at radius 3 is 2.44 bits per heavy atom. The van der Waals surface area contributed by atoms with Crippen LogP contribution in [0, 0.1) is 5.92 Å². The van der Waals surface area contributed by atoms with E-state index in [1.807, 2.05) is 39.0 Å². The lowest BCUT2D eigenvalue weighted by molar-refractivity contribution is -0.124. The summed E-state index contributed by atoms with van der Waals surface area (Å²) in [5, 5.41) is 5.37. The average molecular weight is 340 g/mol. The van der Waals surface area contributed by atoms with Crippen molar-refractivity contribution in [2.75, 3.05) is 5.32 Å². The molecule has 4 nitrogen and oxygen atoms in total. The molecule has 1 aromatic carbocycles. The van der Waals surface area contributed by atoms with Crippen molar-refractivity contribution in [3.8, 4) is 0 Å². The summed E-state index contributed by atoms with van der Waals surface area (Å²) in [7, 11) is 0. The Kier molecular flexibility index (Phi) is 7.86. The molecule has 0 saturated carbocycles. The van der Waals surface area contributed by atoms with E-state index in [2.05, 4.69) is 30.4 Å². The van der Waals surface area contributed by atoms with Gasteiger partial charge in [-0.3, -0.25) is 9.59 Å². The fourth-order valence-electron chi connectivity index (χ4n) is 2.73. The lowest BCUT2D eigenvalue weighted by Gasteiger charge is -2.19. The normalized spacial score (nSPS) is 18.1. The molecule has 1 saturated heterocycles. The average Bonchev–Trinajstić information content (AvgIpc) is 2.89. The highest BCUT2D eigenvalue weighted by atomic mass is 16.2. The number of hydrogen-bond donors (Lipinski definition) is 2. The molecule has 0 radical (unpaired) electrons. The first-order chi connectivity index (χ1) is 11.9. The molecule has 1 heterocycles. The topological polar surface area (TPSA) is 58.2 Å². The number of hydrogen-bond acceptors (Lipinski definition) is 2. The summed E-state index contributed by atoms with van der Waals surface area (Å²) in [4.78, 5) is 21.2. The maximum absolute atomic E-state index is 10.8. The summed E-state index contributed by atoms with van der Waals surface area (Å²) >= 11 is 0. The van der Waals surface area contributed by atoms with Gasteiger partial charge in [-0.05, 0) is 42.0 Å². The fraction of sp³-hybridized carbons (Fsp3) is 0.333. The second-order valence-corrected chi connectivity index (χ2v) is 5.91. The molecule has 0 spiro atoms. The Bertz CT molecular complexity index is 689. The molecule has 1 fully saturated rings. The molecule has 2 amide bonds. The summed E-state index contributed by atoms with van der Waals surface area (Å²) in [6.45, 7) is 17.5. The van der Waals surface area contributed by atoms with Crippen LogP contribution in [0.5, 0.6) is 0 Å². The third-order valence-corrected chi connectivity index (χ3v) is 4.07. The second-order valence-electron chi connectivity index (χ2n) is 5.91. The van der Waals surface area contributed by atoms with Gasteiger partial charge in [0.05, 0.1) is 0 Å². The molecule has 2 aliphatic rings. The number of amides is 2. The monoisotopic (exact) mass is 340 g/mol. The smallest absolute Gasteiger partial charge is 0.226 e. The van der Waals surface area contributed by atoms with E-state index in [1.54, 1.807) is 0 Å². The van der Waals surface area contributed by atoms with Gasteiger partial charge in [0, 0.05) is 22.9 Å². The zero-order valence-electron chi connectivity index (χ0n) is 15.4. The van der Waals surface area contributed by atoms with Gasteiger partial charge in [0.1, 0.15) is 0 Å². The number of rotatable bonds is 2. The molecule has 4 heteroatoms. The van der Waals surface area contributed by atoms with Gasteiger partial charge in [-0.1, -0.05) is 52.6 Å². The van der Waals surface area contributed by atoms with Crippen molar-refractivity contribution in [2.45, 2.75) is 40.0 Å². The predicted octanol–water partition coefficient (Wildman–Crippen LogP) is 4.76. The number of anilines is 1. The third kappa shape index (κ3) is 5.18. The van der Waals surface area contributed by atoms with Crippen molar-refractivity contribution in [1.29, 1.82) is 0 Å². The maximum Gasteiger partial charge on any atom is 0.226 e. The van der Waals surface area contributed by atoms with Gasteiger partial charge in [0.2, 0.25) is 12.3 Å². The lowest BCUT2D eigenvalue weighted by atomic mass is 9.99. The molecule has 1 atom stereocenters. The Balaban J connectivity index is 0.000000246. The van der Waals surface area contributed by atoms with Crippen molar-refractivity contribution in [3.63, 3.8) is 0 Å². The van der Waals surface area contributed by atoms with Crippen LogP contribution in [0.25, 0.3) is 11.1 Å². The van der Waals surface area contributed by atoms with Crippen LogP contribution in [0.3, 0.4) is 0 Å². The van der Waals surface area contributed by atoms with E-state index in [-0.39, 0.29) is 11.8 Å². The Morgan fingerprint density at radius 2 is 1.88 bits per heavy atom. The zero-order chi connectivity index (χ0) is 19.0. The van der Waals surface area contributed by atoms with E-state index in [9.17, 15) is 9.59 Å². The number of allylic oxidation sites excluding steroid dienone is 3. The standard InChI is InChI=1S/C12H11NO.C7H11NO.C2H6/c1-8-6-9(2)12-10(8)4-3-5-11(12)13-7-14;1-5-3-4-6(2)8-7(5)9;1-2/h3-5,7H,1-2,6H2,(H,13,14);5H,2-4H2,1H3,(H,8,9);1-2H3. The number of fused-ring (bicyclic) bond motifs is 1. The van der Waals surface area contributed by atoms with Crippen LogP contribution in [0.15, 0.2) is 43.6 Å². The minimum atomic E-state index is 0.117. The minimum absolute atomic E-state index is 0.117. The number of nitrogens with one attached hydrogen (secondary N) is 2. The van der Waals surface area contributed by atoms with Crippen LogP contribution in [0.4, 0.5) is 5.69 Å². The summed E-state index contributed by atoms with van der Waals surface area (Å²) in [6, 6.07) is 5.79. The number of piperidine rings is 1. The van der Waals surface area contributed by atoms with E-state index in [0.717, 1.165) is 52.9 Å². The third-order valence-electron chi connectivity index (χ3n) is 4.07. The molecule has 1 unspecified atom stereocenters. The number of benzene rings is 1. The minimum Gasteiger partial charge on any atom is -0.330 e. The van der Waals surface area contributed by atoms with E-state index >= 15 is 0 Å². The van der Waals surface area contributed by atoms with E-state index in [4.69, 9.17) is 0 Å². The summed E-state index contributed by atoms with van der Waals surface area (Å²) in [6.07, 6.45) is 3.37. The van der Waals surface area contributed by atoms with Crippen molar-refractivity contribution >= 4 is 29.2 Å². The second kappa shape index (κ2) is 9.62. The summed E-state index contributed by atoms with van der Waals surface area (Å²) < 4.78 is 0. The highest BCUT2D eigenvalue weighted by Gasteiger charge is 2.20. The highest BCUT2D eigenvalue weighted by molar-refractivity contribution is 5.97. The molecule has 1 aliphatic carbocycles. The van der Waals surface area contributed by atoms with E-state index in [0.29, 0.717) is 6.41 Å². The largest absolute Gasteiger partial charge is 0.330 e. The lowest BCUT2D eigenvalue weighted by Crippen LogP contribution is -2.32. The van der Waals surface area contributed by atoms with Crippen molar-refractivity contribution < 1.29 is 9.59 Å². The van der Waals surface area contributed by atoms with Crippen LogP contribution >= 0.6 is 0 Å². The van der Waals surface area contributed by atoms with E-state index in [1.165, 1.54) is 0 Å². The molecule has 1 aliphatic heterocycles. The number of carbonyl (C=O) groups excluding carboxylic acids is 2. The predicted molar refractivity (Wildman–Crippen MR) is 106 cm³/mol. The Morgan fingerprint density at radius 1 is 1.20 bits per heavy atom. The molecular weight excluding hydrogens is 312 g/mol. The summed E-state index contributed by atoms with van der Waals surface area (Å²) in [5.41, 5.74) is 5.90. The first-order valence-corrected chi connectivity index (χ1v) is 8.62.